The van der Waals surface area contributed by atoms with Crippen LogP contribution < -0.4 is 5.32 Å². The Bertz CT molecular complexity index is 525. The van der Waals surface area contributed by atoms with Crippen LogP contribution >= 0.6 is 33.9 Å². The normalized spacial score (nSPS) is 10.2. The SMILES string of the molecule is O=C(NCc1cccs1)c1cc(I)ccc1O. The van der Waals surface area contributed by atoms with E-state index in [2.05, 4.69) is 27.9 Å². The van der Waals surface area contributed by atoms with Gasteiger partial charge in [0.2, 0.25) is 0 Å². The molecule has 0 atom stereocenters. The largest absolute Gasteiger partial charge is 0.507 e. The monoisotopic (exact) mass is 359 g/mol. The summed E-state index contributed by atoms with van der Waals surface area (Å²) >= 11 is 3.69. The van der Waals surface area contributed by atoms with E-state index in [1.165, 1.54) is 6.07 Å². The number of benzene rings is 1. The lowest BCUT2D eigenvalue weighted by Gasteiger charge is -2.06. The second kappa shape index (κ2) is 5.50. The van der Waals surface area contributed by atoms with Gasteiger partial charge in [0, 0.05) is 8.45 Å². The molecule has 0 bridgehead atoms. The number of carbonyl (C=O) groups excluding carboxylic acids is 1. The van der Waals surface area contributed by atoms with E-state index in [-0.39, 0.29) is 11.7 Å². The maximum Gasteiger partial charge on any atom is 0.255 e. The molecule has 1 amide bonds. The Balaban J connectivity index is 2.07. The quantitative estimate of drug-likeness (QED) is 0.828. The van der Waals surface area contributed by atoms with Crippen molar-refractivity contribution in [2.75, 3.05) is 0 Å². The minimum atomic E-state index is -0.255. The number of rotatable bonds is 3. The Hall–Kier alpha value is -1.08. The summed E-state index contributed by atoms with van der Waals surface area (Å²) in [5, 5.41) is 14.3. The van der Waals surface area contributed by atoms with Crippen molar-refractivity contribution < 1.29 is 9.90 Å². The average molecular weight is 359 g/mol. The molecule has 0 saturated carbocycles. The fourth-order valence-corrected chi connectivity index (χ4v) is 2.50. The van der Waals surface area contributed by atoms with Gasteiger partial charge in [0.05, 0.1) is 12.1 Å². The van der Waals surface area contributed by atoms with Crippen LogP contribution in [-0.2, 0) is 6.54 Å². The van der Waals surface area contributed by atoms with Gasteiger partial charge in [0.1, 0.15) is 5.75 Å². The van der Waals surface area contributed by atoms with Crippen molar-refractivity contribution in [2.24, 2.45) is 0 Å². The van der Waals surface area contributed by atoms with Gasteiger partial charge in [-0.25, -0.2) is 0 Å². The molecule has 0 fully saturated rings. The second-order valence-corrected chi connectivity index (χ2v) is 5.70. The Morgan fingerprint density at radius 2 is 2.24 bits per heavy atom. The van der Waals surface area contributed by atoms with Crippen LogP contribution in [0, 0.1) is 3.57 Å². The Labute approximate surface area is 117 Å². The minimum Gasteiger partial charge on any atom is -0.507 e. The van der Waals surface area contributed by atoms with Crippen molar-refractivity contribution in [3.8, 4) is 5.75 Å². The first kappa shape index (κ1) is 12.4. The van der Waals surface area contributed by atoms with E-state index in [0.717, 1.165) is 8.45 Å². The summed E-state index contributed by atoms with van der Waals surface area (Å²) in [6.07, 6.45) is 0. The van der Waals surface area contributed by atoms with E-state index < -0.39 is 0 Å². The number of thiophene rings is 1. The molecule has 0 radical (unpaired) electrons. The minimum absolute atomic E-state index is 0.00842. The van der Waals surface area contributed by atoms with Crippen molar-refractivity contribution in [1.82, 2.24) is 5.32 Å². The van der Waals surface area contributed by atoms with E-state index in [1.807, 2.05) is 17.5 Å². The highest BCUT2D eigenvalue weighted by Crippen LogP contribution is 2.19. The molecule has 0 saturated heterocycles. The van der Waals surface area contributed by atoms with E-state index in [0.29, 0.717) is 12.1 Å². The number of aromatic hydroxyl groups is 1. The third-order valence-electron chi connectivity index (χ3n) is 2.21. The molecule has 3 nitrogen and oxygen atoms in total. The smallest absolute Gasteiger partial charge is 0.255 e. The molecule has 0 aliphatic carbocycles. The highest BCUT2D eigenvalue weighted by molar-refractivity contribution is 14.1. The first-order chi connectivity index (χ1) is 8.16. The van der Waals surface area contributed by atoms with E-state index in [9.17, 15) is 9.90 Å². The highest BCUT2D eigenvalue weighted by Gasteiger charge is 2.11. The number of hydrogen-bond acceptors (Lipinski definition) is 3. The van der Waals surface area contributed by atoms with Gasteiger partial charge in [-0.05, 0) is 52.2 Å². The molecule has 1 heterocycles. The maximum absolute atomic E-state index is 11.8. The third-order valence-corrected chi connectivity index (χ3v) is 3.75. The van der Waals surface area contributed by atoms with Gasteiger partial charge in [-0.1, -0.05) is 6.07 Å². The second-order valence-electron chi connectivity index (χ2n) is 3.42. The fraction of sp³-hybridized carbons (Fsp3) is 0.0833. The van der Waals surface area contributed by atoms with Gasteiger partial charge in [0.25, 0.3) is 5.91 Å². The highest BCUT2D eigenvalue weighted by atomic mass is 127. The fourth-order valence-electron chi connectivity index (χ4n) is 1.37. The summed E-state index contributed by atoms with van der Waals surface area (Å²) < 4.78 is 0.918. The van der Waals surface area contributed by atoms with Crippen LogP contribution in [-0.4, -0.2) is 11.0 Å². The summed E-state index contributed by atoms with van der Waals surface area (Å²) in [6, 6.07) is 8.85. The molecule has 0 unspecified atom stereocenters. The number of carbonyl (C=O) groups is 1. The molecule has 0 aliphatic heterocycles. The zero-order chi connectivity index (χ0) is 12.3. The number of halogens is 1. The first-order valence-corrected chi connectivity index (χ1v) is 6.92. The van der Waals surface area contributed by atoms with Crippen molar-refractivity contribution in [3.05, 3.63) is 49.7 Å². The molecule has 88 valence electrons. The van der Waals surface area contributed by atoms with Crippen molar-refractivity contribution >= 4 is 39.8 Å². The lowest BCUT2D eigenvalue weighted by Crippen LogP contribution is -2.22. The summed E-state index contributed by atoms with van der Waals surface area (Å²) in [4.78, 5) is 12.9. The summed E-state index contributed by atoms with van der Waals surface area (Å²) in [5.41, 5.74) is 0.313. The first-order valence-electron chi connectivity index (χ1n) is 4.96. The van der Waals surface area contributed by atoms with Crippen molar-refractivity contribution in [2.45, 2.75) is 6.54 Å². The predicted octanol–water partition coefficient (Wildman–Crippen LogP) is 2.99. The average Bonchev–Trinajstić information content (AvgIpc) is 2.82. The summed E-state index contributed by atoms with van der Waals surface area (Å²) in [7, 11) is 0. The number of hydrogen-bond donors (Lipinski definition) is 2. The molecule has 17 heavy (non-hydrogen) atoms. The summed E-state index contributed by atoms with van der Waals surface area (Å²) in [5.74, 6) is -0.247. The number of nitrogens with one attached hydrogen (secondary N) is 1. The van der Waals surface area contributed by atoms with Gasteiger partial charge in [-0.15, -0.1) is 11.3 Å². The number of amides is 1. The Morgan fingerprint density at radius 3 is 2.94 bits per heavy atom. The Kier molecular flexibility index (Phi) is 4.01. The lowest BCUT2D eigenvalue weighted by atomic mass is 10.2. The van der Waals surface area contributed by atoms with Gasteiger partial charge >= 0.3 is 0 Å². The molecule has 1 aromatic carbocycles. The van der Waals surface area contributed by atoms with Crippen molar-refractivity contribution in [1.29, 1.82) is 0 Å². The van der Waals surface area contributed by atoms with Crippen LogP contribution in [0.25, 0.3) is 0 Å². The van der Waals surface area contributed by atoms with Crippen LogP contribution in [0.2, 0.25) is 0 Å². The molecule has 2 N–H and O–H groups in total. The van der Waals surface area contributed by atoms with E-state index in [1.54, 1.807) is 23.5 Å². The summed E-state index contributed by atoms with van der Waals surface area (Å²) in [6.45, 7) is 0.488. The zero-order valence-corrected chi connectivity index (χ0v) is 11.8. The molecule has 2 aromatic rings. The van der Waals surface area contributed by atoms with Crippen LogP contribution in [0.4, 0.5) is 0 Å². The molecule has 0 aliphatic rings. The molecule has 5 heteroatoms. The van der Waals surface area contributed by atoms with E-state index >= 15 is 0 Å². The molecular formula is C12H10INO2S. The van der Waals surface area contributed by atoms with Gasteiger partial charge < -0.3 is 10.4 Å². The zero-order valence-electron chi connectivity index (χ0n) is 8.81. The van der Waals surface area contributed by atoms with Crippen molar-refractivity contribution in [3.63, 3.8) is 0 Å². The third kappa shape index (κ3) is 3.19. The maximum atomic E-state index is 11.8. The molecular weight excluding hydrogens is 349 g/mol. The van der Waals surface area contributed by atoms with Gasteiger partial charge in [0.15, 0.2) is 0 Å². The van der Waals surface area contributed by atoms with E-state index in [4.69, 9.17) is 0 Å². The standard InChI is InChI=1S/C12H10INO2S/c13-8-3-4-11(15)10(6-8)12(16)14-7-9-2-1-5-17-9/h1-6,15H,7H2,(H,14,16). The lowest BCUT2D eigenvalue weighted by molar-refractivity contribution is 0.0948. The van der Waals surface area contributed by atoms with Gasteiger partial charge in [-0.2, -0.15) is 0 Å². The van der Waals surface area contributed by atoms with Crippen LogP contribution in [0.15, 0.2) is 35.7 Å². The number of phenolic OH excluding ortho intramolecular Hbond substituents is 1. The van der Waals surface area contributed by atoms with Crippen LogP contribution in [0.1, 0.15) is 15.2 Å². The van der Waals surface area contributed by atoms with Crippen LogP contribution in [0.3, 0.4) is 0 Å². The predicted molar refractivity (Wildman–Crippen MR) is 76.3 cm³/mol. The van der Waals surface area contributed by atoms with Crippen LogP contribution in [0.5, 0.6) is 5.75 Å². The van der Waals surface area contributed by atoms with Gasteiger partial charge in [-0.3, -0.25) is 4.79 Å². The number of phenols is 1. The molecule has 0 spiro atoms. The Morgan fingerprint density at radius 1 is 1.41 bits per heavy atom. The molecule has 2 rings (SSSR count). The topological polar surface area (TPSA) is 49.3 Å². The molecule has 1 aromatic heterocycles.